The minimum atomic E-state index is -2.70. The summed E-state index contributed by atoms with van der Waals surface area (Å²) in [5.74, 6) is -2.70. The second kappa shape index (κ2) is 5.13. The number of hydrogen-bond donors (Lipinski definition) is 1. The SMILES string of the molecule is CCC(F)(F)c1cccc(C2CCCCN2)c1. The van der Waals surface area contributed by atoms with Gasteiger partial charge in [0.15, 0.2) is 0 Å². The first-order chi connectivity index (χ1) is 8.13. The zero-order valence-electron chi connectivity index (χ0n) is 10.2. The number of rotatable bonds is 3. The fraction of sp³-hybridized carbons (Fsp3) is 0.571. The second-order valence-corrected chi connectivity index (χ2v) is 4.69. The second-order valence-electron chi connectivity index (χ2n) is 4.69. The predicted octanol–water partition coefficient (Wildman–Crippen LogP) is 4.00. The first kappa shape index (κ1) is 12.5. The highest BCUT2D eigenvalue weighted by Gasteiger charge is 2.29. The molecule has 0 radical (unpaired) electrons. The molecule has 1 heterocycles. The minimum Gasteiger partial charge on any atom is -0.310 e. The van der Waals surface area contributed by atoms with Gasteiger partial charge in [0.25, 0.3) is 5.92 Å². The van der Waals surface area contributed by atoms with E-state index in [0.29, 0.717) is 0 Å². The van der Waals surface area contributed by atoms with Crippen molar-refractivity contribution in [3.05, 3.63) is 35.4 Å². The summed E-state index contributed by atoms with van der Waals surface area (Å²) < 4.78 is 27.2. The number of halogens is 2. The van der Waals surface area contributed by atoms with Gasteiger partial charge in [0.2, 0.25) is 0 Å². The quantitative estimate of drug-likeness (QED) is 0.840. The fourth-order valence-corrected chi connectivity index (χ4v) is 2.32. The molecule has 0 saturated carbocycles. The van der Waals surface area contributed by atoms with Gasteiger partial charge in [-0.1, -0.05) is 31.5 Å². The third kappa shape index (κ3) is 2.83. The third-order valence-corrected chi connectivity index (χ3v) is 3.47. The molecule has 0 amide bonds. The van der Waals surface area contributed by atoms with Crippen LogP contribution < -0.4 is 5.32 Å². The molecule has 1 aromatic rings. The van der Waals surface area contributed by atoms with Crippen molar-refractivity contribution in [2.75, 3.05) is 6.54 Å². The molecule has 0 aromatic heterocycles. The van der Waals surface area contributed by atoms with E-state index in [2.05, 4.69) is 5.32 Å². The predicted molar refractivity (Wildman–Crippen MR) is 65.2 cm³/mol. The average molecular weight is 239 g/mol. The lowest BCUT2D eigenvalue weighted by atomic mass is 9.94. The summed E-state index contributed by atoms with van der Waals surface area (Å²) in [6.07, 6.45) is 3.25. The Hall–Kier alpha value is -0.960. The van der Waals surface area contributed by atoms with Crippen LogP contribution in [0.4, 0.5) is 8.78 Å². The van der Waals surface area contributed by atoms with E-state index in [0.717, 1.165) is 18.5 Å². The van der Waals surface area contributed by atoms with Crippen molar-refractivity contribution in [2.24, 2.45) is 0 Å². The van der Waals surface area contributed by atoms with E-state index < -0.39 is 5.92 Å². The fourth-order valence-electron chi connectivity index (χ4n) is 2.32. The topological polar surface area (TPSA) is 12.0 Å². The highest BCUT2D eigenvalue weighted by Crippen LogP contribution is 2.33. The van der Waals surface area contributed by atoms with Crippen LogP contribution in [0.15, 0.2) is 24.3 Å². The molecule has 3 heteroatoms. The van der Waals surface area contributed by atoms with Crippen LogP contribution in [0.3, 0.4) is 0 Å². The molecule has 1 nitrogen and oxygen atoms in total. The average Bonchev–Trinajstić information content (AvgIpc) is 2.40. The molecule has 1 fully saturated rings. The Morgan fingerprint density at radius 3 is 2.82 bits per heavy atom. The summed E-state index contributed by atoms with van der Waals surface area (Å²) in [5.41, 5.74) is 1.14. The van der Waals surface area contributed by atoms with Crippen molar-refractivity contribution in [3.63, 3.8) is 0 Å². The molecule has 94 valence electrons. The molecule has 1 saturated heterocycles. The van der Waals surface area contributed by atoms with E-state index in [4.69, 9.17) is 0 Å². The summed E-state index contributed by atoms with van der Waals surface area (Å²) in [4.78, 5) is 0. The van der Waals surface area contributed by atoms with Gasteiger partial charge in [0.05, 0.1) is 0 Å². The summed E-state index contributed by atoms with van der Waals surface area (Å²) in [7, 11) is 0. The molecule has 2 rings (SSSR count). The van der Waals surface area contributed by atoms with Crippen molar-refractivity contribution in [1.29, 1.82) is 0 Å². The Balaban J connectivity index is 2.21. The van der Waals surface area contributed by atoms with Crippen molar-refractivity contribution in [3.8, 4) is 0 Å². The number of hydrogen-bond acceptors (Lipinski definition) is 1. The summed E-state index contributed by atoms with van der Waals surface area (Å²) >= 11 is 0. The molecule has 1 atom stereocenters. The molecule has 1 aliphatic heterocycles. The lowest BCUT2D eigenvalue weighted by molar-refractivity contribution is -0.00839. The van der Waals surface area contributed by atoms with Crippen LogP contribution in [0.5, 0.6) is 0 Å². The van der Waals surface area contributed by atoms with Crippen molar-refractivity contribution in [2.45, 2.75) is 44.6 Å². The Morgan fingerprint density at radius 2 is 2.18 bits per heavy atom. The monoisotopic (exact) mass is 239 g/mol. The zero-order chi connectivity index (χ0) is 12.3. The van der Waals surface area contributed by atoms with E-state index in [9.17, 15) is 8.78 Å². The maximum Gasteiger partial charge on any atom is 0.273 e. The zero-order valence-corrected chi connectivity index (χ0v) is 10.2. The Kier molecular flexibility index (Phi) is 3.77. The minimum absolute atomic E-state index is 0.143. The van der Waals surface area contributed by atoms with E-state index in [-0.39, 0.29) is 18.0 Å². The van der Waals surface area contributed by atoms with E-state index in [1.54, 1.807) is 12.1 Å². The van der Waals surface area contributed by atoms with Gasteiger partial charge < -0.3 is 5.32 Å². The van der Waals surface area contributed by atoms with Crippen LogP contribution in [0.1, 0.15) is 49.8 Å². The molecular weight excluding hydrogens is 220 g/mol. The molecule has 0 bridgehead atoms. The van der Waals surface area contributed by atoms with Crippen LogP contribution in [0, 0.1) is 0 Å². The van der Waals surface area contributed by atoms with Crippen LogP contribution in [-0.4, -0.2) is 6.54 Å². The van der Waals surface area contributed by atoms with Gasteiger partial charge in [-0.3, -0.25) is 0 Å². The maximum absolute atomic E-state index is 13.6. The molecule has 1 aliphatic rings. The van der Waals surface area contributed by atoms with Crippen molar-refractivity contribution in [1.82, 2.24) is 5.32 Å². The third-order valence-electron chi connectivity index (χ3n) is 3.47. The van der Waals surface area contributed by atoms with Crippen LogP contribution in [-0.2, 0) is 5.92 Å². The molecule has 17 heavy (non-hydrogen) atoms. The first-order valence-electron chi connectivity index (χ1n) is 6.35. The molecule has 1 N–H and O–H groups in total. The Labute approximate surface area is 101 Å². The molecule has 1 unspecified atom stereocenters. The van der Waals surface area contributed by atoms with Crippen LogP contribution in [0.2, 0.25) is 0 Å². The van der Waals surface area contributed by atoms with Gasteiger partial charge in [-0.2, -0.15) is 0 Å². The molecule has 1 aromatic carbocycles. The number of benzene rings is 1. The Morgan fingerprint density at radius 1 is 1.35 bits per heavy atom. The smallest absolute Gasteiger partial charge is 0.273 e. The van der Waals surface area contributed by atoms with Crippen LogP contribution in [0.25, 0.3) is 0 Å². The standard InChI is InChI=1S/C14H19F2N/c1-2-14(15,16)12-7-5-6-11(10-12)13-8-3-4-9-17-13/h5-7,10,13,17H,2-4,8-9H2,1H3. The van der Waals surface area contributed by atoms with Gasteiger partial charge in [-0.15, -0.1) is 0 Å². The molecule has 0 spiro atoms. The number of nitrogens with one attached hydrogen (secondary N) is 1. The van der Waals surface area contributed by atoms with Crippen molar-refractivity contribution < 1.29 is 8.78 Å². The van der Waals surface area contributed by atoms with Crippen LogP contribution >= 0.6 is 0 Å². The largest absolute Gasteiger partial charge is 0.310 e. The first-order valence-corrected chi connectivity index (χ1v) is 6.35. The van der Waals surface area contributed by atoms with Gasteiger partial charge >= 0.3 is 0 Å². The molecular formula is C14H19F2N. The van der Waals surface area contributed by atoms with E-state index in [1.165, 1.54) is 25.8 Å². The van der Waals surface area contributed by atoms with Gasteiger partial charge in [-0.05, 0) is 31.0 Å². The van der Waals surface area contributed by atoms with E-state index >= 15 is 0 Å². The normalized spacial score (nSPS) is 21.5. The number of alkyl halides is 2. The van der Waals surface area contributed by atoms with Gasteiger partial charge in [0.1, 0.15) is 0 Å². The maximum atomic E-state index is 13.6. The summed E-state index contributed by atoms with van der Waals surface area (Å²) in [5, 5.41) is 3.39. The molecule has 0 aliphatic carbocycles. The Bertz CT molecular complexity index is 370. The lowest BCUT2D eigenvalue weighted by Gasteiger charge is -2.25. The highest BCUT2D eigenvalue weighted by molar-refractivity contribution is 5.29. The van der Waals surface area contributed by atoms with Crippen molar-refractivity contribution >= 4 is 0 Å². The number of piperidine rings is 1. The summed E-state index contributed by atoms with van der Waals surface area (Å²) in [6.45, 7) is 2.50. The van der Waals surface area contributed by atoms with Gasteiger partial charge in [0, 0.05) is 18.0 Å². The summed E-state index contributed by atoms with van der Waals surface area (Å²) in [6, 6.07) is 7.11. The van der Waals surface area contributed by atoms with Gasteiger partial charge in [-0.25, -0.2) is 8.78 Å². The lowest BCUT2D eigenvalue weighted by Crippen LogP contribution is -2.27. The van der Waals surface area contributed by atoms with E-state index in [1.807, 2.05) is 6.07 Å². The highest BCUT2D eigenvalue weighted by atomic mass is 19.3.